The summed E-state index contributed by atoms with van der Waals surface area (Å²) in [6, 6.07) is 3.49. The van der Waals surface area contributed by atoms with Gasteiger partial charge >= 0.3 is 0 Å². The fourth-order valence-electron chi connectivity index (χ4n) is 4.51. The fraction of sp³-hybridized carbons (Fsp3) is 0.480. The number of nitrogens with two attached hydrogens (primary N) is 1. The third-order valence-corrected chi connectivity index (χ3v) is 6.62. The molecule has 1 aliphatic heterocycles. The standard InChI is InChI=1S/C25H32ClN7O3/c1-8-36-21-16(14(3)33-23(30-7)19(13(2)31-33)22(28)29-6)9-18(26)17(10-27)20(21)15-11-32(12-15)24(34)25(4,5)35/h9,14-15,35H,7-8,11-12H2,1-6H3,(H2,28,29). The summed E-state index contributed by atoms with van der Waals surface area (Å²) in [5.74, 6) is 0.712. The lowest BCUT2D eigenvalue weighted by molar-refractivity contribution is -0.152. The number of carbonyl (C=O) groups is 1. The van der Waals surface area contributed by atoms with E-state index in [2.05, 4.69) is 27.9 Å². The van der Waals surface area contributed by atoms with E-state index in [-0.39, 0.29) is 16.8 Å². The number of amidine groups is 1. The van der Waals surface area contributed by atoms with Gasteiger partial charge in [0, 0.05) is 37.2 Å². The molecule has 192 valence electrons. The molecule has 0 spiro atoms. The number of aromatic nitrogens is 2. The predicted octanol–water partition coefficient (Wildman–Crippen LogP) is 3.09. The van der Waals surface area contributed by atoms with Crippen molar-refractivity contribution in [2.75, 3.05) is 26.7 Å². The maximum atomic E-state index is 12.5. The van der Waals surface area contributed by atoms with Gasteiger partial charge in [0.2, 0.25) is 0 Å². The molecule has 1 saturated heterocycles. The summed E-state index contributed by atoms with van der Waals surface area (Å²) in [5.41, 5.74) is 7.50. The van der Waals surface area contributed by atoms with E-state index >= 15 is 0 Å². The molecule has 11 heteroatoms. The highest BCUT2D eigenvalue weighted by Crippen LogP contribution is 2.45. The predicted molar refractivity (Wildman–Crippen MR) is 140 cm³/mol. The zero-order chi connectivity index (χ0) is 26.9. The summed E-state index contributed by atoms with van der Waals surface area (Å²) < 4.78 is 7.79. The minimum Gasteiger partial charge on any atom is -0.493 e. The van der Waals surface area contributed by atoms with Crippen molar-refractivity contribution in [2.45, 2.75) is 52.2 Å². The number of likely N-dealkylation sites (tertiary alicyclic amines) is 1. The average Bonchev–Trinajstić information content (AvgIpc) is 3.13. The van der Waals surface area contributed by atoms with E-state index in [9.17, 15) is 15.2 Å². The maximum Gasteiger partial charge on any atom is 0.253 e. The van der Waals surface area contributed by atoms with Gasteiger partial charge in [0.1, 0.15) is 23.3 Å². The fourth-order valence-corrected chi connectivity index (χ4v) is 4.77. The van der Waals surface area contributed by atoms with Crippen molar-refractivity contribution < 1.29 is 14.6 Å². The SMILES string of the molecule is C=Nc1c(C(N)=NC)c(C)nn1C(C)c1cc(Cl)c(C#N)c(C2CN(C(=O)C(C)(C)O)C2)c1OCC. The number of halogens is 1. The molecule has 1 aromatic carbocycles. The van der Waals surface area contributed by atoms with E-state index in [1.165, 1.54) is 13.8 Å². The van der Waals surface area contributed by atoms with Crippen molar-refractivity contribution in [1.82, 2.24) is 14.7 Å². The van der Waals surface area contributed by atoms with E-state index < -0.39 is 11.6 Å². The summed E-state index contributed by atoms with van der Waals surface area (Å²) in [6.07, 6.45) is 0. The first-order valence-electron chi connectivity index (χ1n) is 11.6. The quantitative estimate of drug-likeness (QED) is 0.410. The summed E-state index contributed by atoms with van der Waals surface area (Å²) in [5, 5.41) is 25.0. The Kier molecular flexibility index (Phi) is 7.76. The smallest absolute Gasteiger partial charge is 0.253 e. The molecule has 3 N–H and O–H groups in total. The highest BCUT2D eigenvalue weighted by molar-refractivity contribution is 6.32. The summed E-state index contributed by atoms with van der Waals surface area (Å²) >= 11 is 6.61. The number of benzene rings is 1. The van der Waals surface area contributed by atoms with Crippen LogP contribution in [0.3, 0.4) is 0 Å². The van der Waals surface area contributed by atoms with Gasteiger partial charge in [0.25, 0.3) is 5.91 Å². The molecule has 10 nitrogen and oxygen atoms in total. The topological polar surface area (TPSA) is 142 Å². The molecule has 0 radical (unpaired) electrons. The highest BCUT2D eigenvalue weighted by Gasteiger charge is 2.41. The van der Waals surface area contributed by atoms with Crippen LogP contribution in [0.25, 0.3) is 0 Å². The Morgan fingerprint density at radius 1 is 1.50 bits per heavy atom. The van der Waals surface area contributed by atoms with Crippen LogP contribution in [0.4, 0.5) is 5.82 Å². The number of hydrogen-bond donors (Lipinski definition) is 2. The zero-order valence-electron chi connectivity index (χ0n) is 21.5. The molecular formula is C25H32ClN7O3. The van der Waals surface area contributed by atoms with Gasteiger partial charge in [0.15, 0.2) is 5.82 Å². The lowest BCUT2D eigenvalue weighted by Crippen LogP contribution is -2.55. The van der Waals surface area contributed by atoms with E-state index in [1.807, 2.05) is 20.8 Å². The molecule has 1 atom stereocenters. The van der Waals surface area contributed by atoms with Gasteiger partial charge in [-0.05, 0) is 47.4 Å². The van der Waals surface area contributed by atoms with Gasteiger partial charge in [-0.3, -0.25) is 9.79 Å². The molecule has 1 aromatic heterocycles. The van der Waals surface area contributed by atoms with Crippen LogP contribution in [0, 0.1) is 18.3 Å². The highest BCUT2D eigenvalue weighted by atomic mass is 35.5. The number of aliphatic imine (C=N–C) groups is 2. The molecule has 1 amide bonds. The van der Waals surface area contributed by atoms with Gasteiger partial charge in [-0.25, -0.2) is 9.67 Å². The van der Waals surface area contributed by atoms with Crippen molar-refractivity contribution in [3.8, 4) is 11.8 Å². The van der Waals surface area contributed by atoms with Crippen molar-refractivity contribution in [3.05, 3.63) is 39.0 Å². The molecule has 2 heterocycles. The third kappa shape index (κ3) is 4.68. The molecular weight excluding hydrogens is 482 g/mol. The summed E-state index contributed by atoms with van der Waals surface area (Å²) in [6.45, 7) is 13.2. The minimum atomic E-state index is -1.48. The Morgan fingerprint density at radius 3 is 2.64 bits per heavy atom. The summed E-state index contributed by atoms with van der Waals surface area (Å²) in [4.78, 5) is 22.3. The van der Waals surface area contributed by atoms with E-state index in [1.54, 1.807) is 22.7 Å². The maximum absolute atomic E-state index is 12.5. The number of nitriles is 1. The normalized spacial score (nSPS) is 15.3. The van der Waals surface area contributed by atoms with Crippen LogP contribution in [0.2, 0.25) is 5.02 Å². The molecule has 1 fully saturated rings. The first-order valence-corrected chi connectivity index (χ1v) is 12.0. The number of aliphatic hydroxyl groups is 1. The lowest BCUT2D eigenvalue weighted by atomic mass is 9.84. The number of aryl methyl sites for hydroxylation is 1. The van der Waals surface area contributed by atoms with E-state index in [4.69, 9.17) is 22.1 Å². The van der Waals surface area contributed by atoms with Gasteiger partial charge in [-0.15, -0.1) is 0 Å². The van der Waals surface area contributed by atoms with Gasteiger partial charge in [-0.1, -0.05) is 11.6 Å². The van der Waals surface area contributed by atoms with Crippen LogP contribution >= 0.6 is 11.6 Å². The minimum absolute atomic E-state index is 0.188. The largest absolute Gasteiger partial charge is 0.493 e. The van der Waals surface area contributed by atoms with Crippen LogP contribution in [0.15, 0.2) is 16.1 Å². The second-order valence-electron chi connectivity index (χ2n) is 9.25. The van der Waals surface area contributed by atoms with Crippen molar-refractivity contribution in [2.24, 2.45) is 15.7 Å². The van der Waals surface area contributed by atoms with Crippen LogP contribution in [-0.4, -0.2) is 70.6 Å². The number of carbonyl (C=O) groups excluding carboxylic acids is 1. The first kappa shape index (κ1) is 27.2. The number of rotatable bonds is 8. The van der Waals surface area contributed by atoms with Crippen molar-refractivity contribution >= 4 is 35.9 Å². The van der Waals surface area contributed by atoms with Crippen LogP contribution in [0.5, 0.6) is 5.75 Å². The molecule has 0 aliphatic carbocycles. The van der Waals surface area contributed by atoms with Gasteiger partial charge in [0.05, 0.1) is 34.5 Å². The van der Waals surface area contributed by atoms with Gasteiger partial charge < -0.3 is 20.5 Å². The number of ether oxygens (including phenoxy) is 1. The van der Waals surface area contributed by atoms with Crippen LogP contribution < -0.4 is 10.5 Å². The number of amides is 1. The Balaban J connectivity index is 2.16. The molecule has 3 rings (SSSR count). The van der Waals surface area contributed by atoms with E-state index in [0.717, 1.165) is 0 Å². The molecule has 36 heavy (non-hydrogen) atoms. The zero-order valence-corrected chi connectivity index (χ0v) is 22.2. The Hall–Kier alpha value is -3.42. The first-order chi connectivity index (χ1) is 16.9. The molecule has 0 saturated carbocycles. The third-order valence-electron chi connectivity index (χ3n) is 6.32. The van der Waals surface area contributed by atoms with Crippen LogP contribution in [0.1, 0.15) is 67.6 Å². The Labute approximate surface area is 216 Å². The summed E-state index contributed by atoms with van der Waals surface area (Å²) in [7, 11) is 1.59. The number of nitrogens with zero attached hydrogens (tertiary/aromatic N) is 6. The van der Waals surface area contributed by atoms with Crippen LogP contribution in [-0.2, 0) is 4.79 Å². The molecule has 0 bridgehead atoms. The average molecular weight is 514 g/mol. The Morgan fingerprint density at radius 2 is 2.14 bits per heavy atom. The van der Waals surface area contributed by atoms with Crippen molar-refractivity contribution in [3.63, 3.8) is 0 Å². The number of hydrogen-bond acceptors (Lipinski definition) is 7. The van der Waals surface area contributed by atoms with Gasteiger partial charge in [-0.2, -0.15) is 10.4 Å². The Bertz CT molecular complexity index is 1260. The second kappa shape index (κ2) is 10.3. The van der Waals surface area contributed by atoms with Crippen molar-refractivity contribution in [1.29, 1.82) is 5.26 Å². The second-order valence-corrected chi connectivity index (χ2v) is 9.66. The lowest BCUT2D eigenvalue weighted by Gasteiger charge is -2.43. The monoisotopic (exact) mass is 513 g/mol. The van der Waals surface area contributed by atoms with E-state index in [0.29, 0.717) is 65.0 Å². The molecule has 1 aliphatic rings. The molecule has 1 unspecified atom stereocenters. The molecule has 2 aromatic rings.